The van der Waals surface area contributed by atoms with E-state index in [2.05, 4.69) is 15.5 Å². The summed E-state index contributed by atoms with van der Waals surface area (Å²) in [5, 5.41) is 4.24. The summed E-state index contributed by atoms with van der Waals surface area (Å²) in [5.74, 6) is 1.67. The number of nitrogens with zero attached hydrogens (tertiary/aromatic N) is 3. The quantitative estimate of drug-likeness (QED) is 0.291. The van der Waals surface area contributed by atoms with E-state index in [1.165, 1.54) is 13.3 Å². The van der Waals surface area contributed by atoms with E-state index >= 15 is 0 Å². The number of furan rings is 1. The minimum Gasteiger partial charge on any atom is -0.494 e. The summed E-state index contributed by atoms with van der Waals surface area (Å²) in [4.78, 5) is 30.3. The molecule has 0 saturated carbocycles. The highest BCUT2D eigenvalue weighted by atomic mass is 16.5. The summed E-state index contributed by atoms with van der Waals surface area (Å²) >= 11 is 0. The van der Waals surface area contributed by atoms with Crippen LogP contribution >= 0.6 is 0 Å². The van der Waals surface area contributed by atoms with E-state index in [9.17, 15) is 9.59 Å². The Morgan fingerprint density at radius 2 is 1.85 bits per heavy atom. The molecule has 9 nitrogen and oxygen atoms in total. The van der Waals surface area contributed by atoms with Crippen LogP contribution in [0.25, 0.3) is 0 Å². The fraction of sp³-hybridized carbons (Fsp3) is 0.160. The minimum atomic E-state index is -0.538. The Morgan fingerprint density at radius 1 is 1.09 bits per heavy atom. The number of nitrogens with one attached hydrogen (secondary N) is 2. The number of aromatic nitrogens is 2. The molecule has 4 rings (SSSR count). The molecule has 0 atom stereocenters. The van der Waals surface area contributed by atoms with Crippen LogP contribution in [0.2, 0.25) is 0 Å². The second-order valence-electron chi connectivity index (χ2n) is 7.39. The monoisotopic (exact) mass is 459 g/mol. The van der Waals surface area contributed by atoms with E-state index in [0.717, 1.165) is 21.7 Å². The van der Waals surface area contributed by atoms with Crippen LogP contribution in [0.5, 0.6) is 5.75 Å². The molecule has 0 bridgehead atoms. The summed E-state index contributed by atoms with van der Waals surface area (Å²) in [5.41, 5.74) is 3.59. The summed E-state index contributed by atoms with van der Waals surface area (Å²) in [7, 11) is 1.42. The summed E-state index contributed by atoms with van der Waals surface area (Å²) < 4.78 is 12.1. The van der Waals surface area contributed by atoms with E-state index in [4.69, 9.17) is 9.15 Å². The summed E-state index contributed by atoms with van der Waals surface area (Å²) in [6.07, 6.45) is 2.98. The molecule has 9 heteroatoms. The van der Waals surface area contributed by atoms with Crippen molar-refractivity contribution in [3.8, 4) is 5.75 Å². The zero-order valence-corrected chi connectivity index (χ0v) is 18.9. The molecule has 34 heavy (non-hydrogen) atoms. The fourth-order valence-electron chi connectivity index (χ4n) is 3.39. The normalized spacial score (nSPS) is 11.0. The summed E-state index contributed by atoms with van der Waals surface area (Å²) in [6.45, 7) is 2.74. The fourth-order valence-corrected chi connectivity index (χ4v) is 3.39. The molecule has 0 spiro atoms. The number of anilines is 3. The molecular weight excluding hydrogens is 434 g/mol. The third kappa shape index (κ3) is 5.09. The Labute approximate surface area is 195 Å². The minimum absolute atomic E-state index is 0.214. The van der Waals surface area contributed by atoms with Gasteiger partial charge in [-0.3, -0.25) is 19.8 Å². The molecule has 0 fully saturated rings. The Balaban J connectivity index is 1.79. The van der Waals surface area contributed by atoms with E-state index < -0.39 is 11.2 Å². The molecular formula is C25H25N5O4. The van der Waals surface area contributed by atoms with Crippen LogP contribution in [0.4, 0.5) is 17.2 Å². The van der Waals surface area contributed by atoms with Crippen molar-refractivity contribution in [1.29, 1.82) is 0 Å². The van der Waals surface area contributed by atoms with Crippen molar-refractivity contribution in [2.45, 2.75) is 13.5 Å². The van der Waals surface area contributed by atoms with E-state index in [1.807, 2.05) is 67.6 Å². The number of ether oxygens (including phenoxy) is 1. The van der Waals surface area contributed by atoms with Gasteiger partial charge in [-0.1, -0.05) is 18.2 Å². The van der Waals surface area contributed by atoms with Gasteiger partial charge in [0.2, 0.25) is 0 Å². The van der Waals surface area contributed by atoms with Crippen LogP contribution < -0.4 is 26.3 Å². The maximum absolute atomic E-state index is 13.1. The van der Waals surface area contributed by atoms with Gasteiger partial charge < -0.3 is 14.1 Å². The summed E-state index contributed by atoms with van der Waals surface area (Å²) in [6, 6.07) is 20.3. The predicted octanol–water partition coefficient (Wildman–Crippen LogP) is 3.85. The van der Waals surface area contributed by atoms with Gasteiger partial charge in [0.1, 0.15) is 22.9 Å². The Kier molecular flexibility index (Phi) is 6.92. The number of rotatable bonds is 9. The number of hydrazone groups is 1. The molecule has 2 N–H and O–H groups in total. The molecule has 0 aliphatic rings. The van der Waals surface area contributed by atoms with Gasteiger partial charge >= 0.3 is 5.69 Å². The standard InChI is InChI=1S/C25H25N5O4/c1-3-33-20-13-11-19(12-14-20)30(17-21-10-7-15-34-21)23-22(24(31)29(2)25(32)27-23)16-26-28-18-8-5-4-6-9-18/h4-16,28H,3,17H2,1-2H3,(H,27,32)/b26-16+. The van der Waals surface area contributed by atoms with Crippen LogP contribution in [0.1, 0.15) is 18.2 Å². The highest BCUT2D eigenvalue weighted by Gasteiger charge is 2.20. The van der Waals surface area contributed by atoms with Gasteiger partial charge in [-0.25, -0.2) is 4.79 Å². The maximum Gasteiger partial charge on any atom is 0.329 e. The molecule has 174 valence electrons. The smallest absolute Gasteiger partial charge is 0.329 e. The number of hydrogen-bond donors (Lipinski definition) is 2. The Hall–Kier alpha value is -4.53. The maximum atomic E-state index is 13.1. The van der Waals surface area contributed by atoms with Crippen LogP contribution in [0.15, 0.2) is 92.1 Å². The Morgan fingerprint density at radius 3 is 2.53 bits per heavy atom. The van der Waals surface area contributed by atoms with Crippen molar-refractivity contribution in [3.05, 3.63) is 105 Å². The van der Waals surface area contributed by atoms with Gasteiger partial charge in [0.15, 0.2) is 0 Å². The number of H-pyrrole nitrogens is 1. The molecule has 4 aromatic rings. The van der Waals surface area contributed by atoms with Gasteiger partial charge in [-0.2, -0.15) is 5.10 Å². The molecule has 0 aliphatic carbocycles. The van der Waals surface area contributed by atoms with Gasteiger partial charge in [-0.05, 0) is 55.5 Å². The number of aromatic amines is 1. The van der Waals surface area contributed by atoms with Gasteiger partial charge in [0.05, 0.1) is 31.3 Å². The van der Waals surface area contributed by atoms with Crippen molar-refractivity contribution in [3.63, 3.8) is 0 Å². The average Bonchev–Trinajstić information content (AvgIpc) is 3.37. The van der Waals surface area contributed by atoms with Crippen LogP contribution in [0.3, 0.4) is 0 Å². The molecule has 2 aromatic carbocycles. The van der Waals surface area contributed by atoms with Gasteiger partial charge in [0.25, 0.3) is 5.56 Å². The predicted molar refractivity (Wildman–Crippen MR) is 132 cm³/mol. The second-order valence-corrected chi connectivity index (χ2v) is 7.39. The van der Waals surface area contributed by atoms with E-state index in [-0.39, 0.29) is 12.1 Å². The van der Waals surface area contributed by atoms with Crippen molar-refractivity contribution in [2.75, 3.05) is 16.9 Å². The third-order valence-electron chi connectivity index (χ3n) is 5.10. The molecule has 0 saturated heterocycles. The van der Waals surface area contributed by atoms with Crippen molar-refractivity contribution in [2.24, 2.45) is 12.1 Å². The van der Waals surface area contributed by atoms with E-state index in [1.54, 1.807) is 17.2 Å². The Bertz CT molecular complexity index is 1360. The second kappa shape index (κ2) is 10.4. The lowest BCUT2D eigenvalue weighted by molar-refractivity contribution is 0.340. The highest BCUT2D eigenvalue weighted by molar-refractivity contribution is 5.88. The highest BCUT2D eigenvalue weighted by Crippen LogP contribution is 2.28. The van der Waals surface area contributed by atoms with E-state index in [0.29, 0.717) is 18.2 Å². The lowest BCUT2D eigenvalue weighted by Gasteiger charge is -2.25. The first-order valence-corrected chi connectivity index (χ1v) is 10.8. The van der Waals surface area contributed by atoms with Gasteiger partial charge in [-0.15, -0.1) is 0 Å². The lowest BCUT2D eigenvalue weighted by Crippen LogP contribution is -2.38. The van der Waals surface area contributed by atoms with Crippen LogP contribution in [0, 0.1) is 0 Å². The molecule has 0 unspecified atom stereocenters. The number of benzene rings is 2. The first-order valence-electron chi connectivity index (χ1n) is 10.8. The van der Waals surface area contributed by atoms with Crippen molar-refractivity contribution < 1.29 is 9.15 Å². The van der Waals surface area contributed by atoms with Crippen molar-refractivity contribution in [1.82, 2.24) is 9.55 Å². The largest absolute Gasteiger partial charge is 0.494 e. The van der Waals surface area contributed by atoms with Crippen molar-refractivity contribution >= 4 is 23.4 Å². The van der Waals surface area contributed by atoms with Gasteiger partial charge in [0, 0.05) is 12.7 Å². The zero-order chi connectivity index (χ0) is 23.9. The first-order chi connectivity index (χ1) is 16.6. The zero-order valence-electron chi connectivity index (χ0n) is 18.9. The third-order valence-corrected chi connectivity index (χ3v) is 5.10. The molecule has 2 heterocycles. The number of para-hydroxylation sites is 1. The number of hydrogen-bond acceptors (Lipinski definition) is 7. The molecule has 0 aliphatic heterocycles. The average molecular weight is 460 g/mol. The lowest BCUT2D eigenvalue weighted by atomic mass is 10.2. The topological polar surface area (TPSA) is 105 Å². The molecule has 2 aromatic heterocycles. The van der Waals surface area contributed by atoms with Crippen LogP contribution in [-0.2, 0) is 13.6 Å². The molecule has 0 radical (unpaired) electrons. The molecule has 0 amide bonds. The first kappa shape index (κ1) is 22.7. The van der Waals surface area contributed by atoms with Crippen LogP contribution in [-0.4, -0.2) is 22.4 Å². The SMILES string of the molecule is CCOc1ccc(N(Cc2ccco2)c2[nH]c(=O)n(C)c(=O)c2/C=N/Nc2ccccc2)cc1.